The van der Waals surface area contributed by atoms with Crippen LogP contribution in [0.1, 0.15) is 116 Å². The molecule has 0 aliphatic carbocycles. The van der Waals surface area contributed by atoms with Crippen molar-refractivity contribution in [2.45, 2.75) is 120 Å². The van der Waals surface area contributed by atoms with Crippen LogP contribution >= 0.6 is 11.8 Å². The topological polar surface area (TPSA) is 126 Å². The zero-order chi connectivity index (χ0) is 40.4. The van der Waals surface area contributed by atoms with Crippen LogP contribution in [0.4, 0.5) is 0 Å². The maximum Gasteiger partial charge on any atom is 0.305 e. The lowest BCUT2D eigenvalue weighted by Crippen LogP contribution is -2.13. The third-order valence-electron chi connectivity index (χ3n) is 8.81. The van der Waals surface area contributed by atoms with Crippen molar-refractivity contribution in [2.24, 2.45) is 0 Å². The van der Waals surface area contributed by atoms with Gasteiger partial charge in [0.05, 0.1) is 79.3 Å². The Hall–Kier alpha value is -2.13. The molecule has 0 bridgehead atoms. The highest BCUT2D eigenvalue weighted by Gasteiger charge is 2.08. The van der Waals surface area contributed by atoms with E-state index in [4.69, 9.17) is 47.4 Å². The third-order valence-corrected chi connectivity index (χ3v) is 9.53. The standard InChI is InChI=1S/C43H76O12S/c1-46-26-28-48-30-32-50-34-36-54-42(44)20-16-12-8-4-6-10-14-18-24-52-40-23-22-39(56-3)38-41(40)53-25-19-15-11-7-5-9-13-17-21-43(45)55-37-35-51-33-31-49-29-27-47-2/h22-23,38H,4-21,24-37H2,1-3H3. The summed E-state index contributed by atoms with van der Waals surface area (Å²) in [5.74, 6) is 1.37. The summed E-state index contributed by atoms with van der Waals surface area (Å²) in [6.45, 7) is 6.98. The molecule has 0 fully saturated rings. The van der Waals surface area contributed by atoms with Crippen LogP contribution in [-0.4, -0.2) is 125 Å². The second kappa shape index (κ2) is 41.0. The number of thioether (sulfide) groups is 1. The van der Waals surface area contributed by atoms with Crippen LogP contribution in [0.25, 0.3) is 0 Å². The smallest absolute Gasteiger partial charge is 0.305 e. The number of carbonyl (C=O) groups is 2. The number of methoxy groups -OCH3 is 2. The number of ether oxygens (including phenoxy) is 10. The Morgan fingerprint density at radius 2 is 0.786 bits per heavy atom. The van der Waals surface area contributed by atoms with E-state index in [1.54, 1.807) is 26.0 Å². The monoisotopic (exact) mass is 817 g/mol. The fraction of sp³-hybridized carbons (Fsp3) is 0.814. The summed E-state index contributed by atoms with van der Waals surface area (Å²) in [5.41, 5.74) is 0. The molecule has 0 spiro atoms. The highest BCUT2D eigenvalue weighted by Crippen LogP contribution is 2.32. The number of esters is 2. The van der Waals surface area contributed by atoms with Crippen molar-refractivity contribution in [3.8, 4) is 11.5 Å². The summed E-state index contributed by atoms with van der Waals surface area (Å²) in [4.78, 5) is 24.9. The summed E-state index contributed by atoms with van der Waals surface area (Å²) < 4.78 is 54.0. The van der Waals surface area contributed by atoms with Crippen molar-refractivity contribution in [2.75, 3.05) is 113 Å². The predicted molar refractivity (Wildman–Crippen MR) is 221 cm³/mol. The van der Waals surface area contributed by atoms with Crippen LogP contribution < -0.4 is 9.47 Å². The van der Waals surface area contributed by atoms with Crippen molar-refractivity contribution in [1.29, 1.82) is 0 Å². The number of hydrogen-bond donors (Lipinski definition) is 0. The molecule has 1 rings (SSSR count). The Morgan fingerprint density at radius 1 is 0.429 bits per heavy atom. The van der Waals surface area contributed by atoms with Crippen LogP contribution in [0.3, 0.4) is 0 Å². The Balaban J connectivity index is 1.98. The van der Waals surface area contributed by atoms with Gasteiger partial charge in [-0.05, 0) is 50.1 Å². The molecule has 0 unspecified atom stereocenters. The zero-order valence-corrected chi connectivity index (χ0v) is 36.0. The van der Waals surface area contributed by atoms with E-state index in [2.05, 4.69) is 18.4 Å². The molecular weight excluding hydrogens is 741 g/mol. The minimum absolute atomic E-state index is 0.148. The van der Waals surface area contributed by atoms with E-state index < -0.39 is 0 Å². The lowest BCUT2D eigenvalue weighted by atomic mass is 10.1. The lowest BCUT2D eigenvalue weighted by Gasteiger charge is -2.14. The highest BCUT2D eigenvalue weighted by atomic mass is 32.2. The molecule has 0 aliphatic heterocycles. The van der Waals surface area contributed by atoms with Gasteiger partial charge < -0.3 is 47.4 Å². The van der Waals surface area contributed by atoms with E-state index in [0.29, 0.717) is 92.1 Å². The third kappa shape index (κ3) is 34.0. The van der Waals surface area contributed by atoms with Crippen LogP contribution in [-0.2, 0) is 47.5 Å². The summed E-state index contributed by atoms with van der Waals surface area (Å²) >= 11 is 1.71. The van der Waals surface area contributed by atoms with Crippen molar-refractivity contribution in [1.82, 2.24) is 0 Å². The van der Waals surface area contributed by atoms with Crippen molar-refractivity contribution in [3.63, 3.8) is 0 Å². The van der Waals surface area contributed by atoms with Gasteiger partial charge in [-0.15, -0.1) is 11.8 Å². The van der Waals surface area contributed by atoms with Gasteiger partial charge in [0.1, 0.15) is 13.2 Å². The molecular formula is C43H76O12S. The van der Waals surface area contributed by atoms with E-state index in [0.717, 1.165) is 75.7 Å². The lowest BCUT2D eigenvalue weighted by molar-refractivity contribution is -0.146. The highest BCUT2D eigenvalue weighted by molar-refractivity contribution is 7.98. The van der Waals surface area contributed by atoms with Crippen molar-refractivity contribution in [3.05, 3.63) is 18.2 Å². The van der Waals surface area contributed by atoms with Gasteiger partial charge in [0.25, 0.3) is 0 Å². The molecule has 12 nitrogen and oxygen atoms in total. The summed E-state index contributed by atoms with van der Waals surface area (Å²) in [5, 5.41) is 0. The Labute approximate surface area is 343 Å². The molecule has 0 heterocycles. The summed E-state index contributed by atoms with van der Waals surface area (Å²) in [6, 6.07) is 6.21. The summed E-state index contributed by atoms with van der Waals surface area (Å²) in [7, 11) is 3.28. The average molecular weight is 817 g/mol. The van der Waals surface area contributed by atoms with Gasteiger partial charge in [0, 0.05) is 32.0 Å². The Morgan fingerprint density at radius 3 is 1.20 bits per heavy atom. The largest absolute Gasteiger partial charge is 0.490 e. The number of unbranched alkanes of at least 4 members (excludes halogenated alkanes) is 14. The maximum absolute atomic E-state index is 11.9. The van der Waals surface area contributed by atoms with Gasteiger partial charge in [-0.3, -0.25) is 9.59 Å². The molecule has 0 N–H and O–H groups in total. The van der Waals surface area contributed by atoms with Gasteiger partial charge in [-0.1, -0.05) is 77.0 Å². The number of benzene rings is 1. The maximum atomic E-state index is 11.9. The first-order valence-corrected chi connectivity index (χ1v) is 22.4. The predicted octanol–water partition coefficient (Wildman–Crippen LogP) is 8.63. The Kier molecular flexibility index (Phi) is 38.0. The summed E-state index contributed by atoms with van der Waals surface area (Å²) in [6.07, 6.45) is 20.6. The van der Waals surface area contributed by atoms with Crippen LogP contribution in [0.2, 0.25) is 0 Å². The van der Waals surface area contributed by atoms with E-state index >= 15 is 0 Å². The van der Waals surface area contributed by atoms with Crippen LogP contribution in [0.15, 0.2) is 23.1 Å². The number of hydrogen-bond acceptors (Lipinski definition) is 13. The van der Waals surface area contributed by atoms with Crippen molar-refractivity contribution < 1.29 is 57.0 Å². The van der Waals surface area contributed by atoms with Gasteiger partial charge in [-0.2, -0.15) is 0 Å². The van der Waals surface area contributed by atoms with Crippen LogP contribution in [0, 0.1) is 0 Å². The molecule has 0 atom stereocenters. The fourth-order valence-corrected chi connectivity index (χ4v) is 6.01. The molecule has 13 heteroatoms. The van der Waals surface area contributed by atoms with Gasteiger partial charge in [-0.25, -0.2) is 0 Å². The molecule has 0 saturated heterocycles. The van der Waals surface area contributed by atoms with E-state index in [9.17, 15) is 9.59 Å². The first-order chi connectivity index (χ1) is 27.6. The molecule has 0 aromatic heterocycles. The molecule has 56 heavy (non-hydrogen) atoms. The zero-order valence-electron chi connectivity index (χ0n) is 35.2. The second-order valence-corrected chi connectivity index (χ2v) is 14.4. The molecule has 326 valence electrons. The fourth-order valence-electron chi connectivity index (χ4n) is 5.58. The van der Waals surface area contributed by atoms with Gasteiger partial charge in [0.15, 0.2) is 11.5 Å². The first-order valence-electron chi connectivity index (χ1n) is 21.1. The van der Waals surface area contributed by atoms with E-state index in [-0.39, 0.29) is 25.2 Å². The SMILES string of the molecule is COCCOCCOCCOC(=O)CCCCCCCCCCOc1ccc(SC)cc1OCCCCCCCCCCC(=O)OCCOCCOCCOC. The number of rotatable bonds is 43. The second-order valence-electron chi connectivity index (χ2n) is 13.5. The first kappa shape index (κ1) is 51.9. The number of carbonyl (C=O) groups excluding carboxylic acids is 2. The Bertz CT molecular complexity index is 1030. The molecule has 1 aromatic rings. The minimum Gasteiger partial charge on any atom is -0.490 e. The van der Waals surface area contributed by atoms with E-state index in [1.165, 1.54) is 43.4 Å². The van der Waals surface area contributed by atoms with Crippen LogP contribution in [0.5, 0.6) is 11.5 Å². The normalized spacial score (nSPS) is 11.2. The van der Waals surface area contributed by atoms with Gasteiger partial charge >= 0.3 is 11.9 Å². The molecule has 0 radical (unpaired) electrons. The quantitative estimate of drug-likeness (QED) is 0.0355. The minimum atomic E-state index is -0.148. The van der Waals surface area contributed by atoms with E-state index in [1.807, 2.05) is 6.07 Å². The molecule has 1 aromatic carbocycles. The molecule has 0 amide bonds. The molecule has 0 aliphatic rings. The van der Waals surface area contributed by atoms with Gasteiger partial charge in [0.2, 0.25) is 0 Å². The van der Waals surface area contributed by atoms with Crippen molar-refractivity contribution >= 4 is 23.7 Å². The average Bonchev–Trinajstić information content (AvgIpc) is 3.20. The molecule has 0 saturated carbocycles.